The first kappa shape index (κ1) is 27.3. The lowest BCUT2D eigenvalue weighted by Gasteiger charge is -2.23. The van der Waals surface area contributed by atoms with E-state index in [0.717, 1.165) is 0 Å². The van der Waals surface area contributed by atoms with Crippen LogP contribution in [-0.4, -0.2) is 69.0 Å². The molecule has 4 aromatic rings. The molecule has 0 saturated heterocycles. The summed E-state index contributed by atoms with van der Waals surface area (Å²) in [5, 5.41) is 12.0. The Morgan fingerprint density at radius 2 is 1.74 bits per heavy atom. The van der Waals surface area contributed by atoms with Crippen LogP contribution in [0.5, 0.6) is 11.5 Å². The number of sulfonamides is 1. The lowest BCUT2D eigenvalue weighted by molar-refractivity contribution is 0.0558. The van der Waals surface area contributed by atoms with Crippen molar-refractivity contribution in [3.05, 3.63) is 53.7 Å². The third-order valence-electron chi connectivity index (χ3n) is 5.62. The van der Waals surface area contributed by atoms with Crippen LogP contribution in [0.1, 0.15) is 25.8 Å². The van der Waals surface area contributed by atoms with Crippen molar-refractivity contribution in [1.29, 1.82) is 0 Å². The predicted octanol–water partition coefficient (Wildman–Crippen LogP) is 3.04. The smallest absolute Gasteiger partial charge is 0.243 e. The molecule has 0 fully saturated rings. The summed E-state index contributed by atoms with van der Waals surface area (Å²) in [6.07, 6.45) is 3.51. The number of para-hydroxylation sites is 1. The number of nitrogens with zero attached hydrogens (tertiary/aromatic N) is 7. The minimum absolute atomic E-state index is 0.104. The lowest BCUT2D eigenvalue weighted by atomic mass is 10.2. The van der Waals surface area contributed by atoms with Crippen molar-refractivity contribution in [2.45, 2.75) is 25.2 Å². The molecule has 4 rings (SSSR count). The number of hydrogen-bond acceptors (Lipinski definition) is 10. The van der Waals surface area contributed by atoms with Crippen molar-refractivity contribution in [1.82, 2.24) is 34.5 Å². The number of benzene rings is 1. The molecular weight excluding hydrogens is 536 g/mol. The van der Waals surface area contributed by atoms with Crippen LogP contribution < -0.4 is 14.2 Å². The Morgan fingerprint density at radius 3 is 2.29 bits per heavy atom. The first-order valence-corrected chi connectivity index (χ1v) is 13.4. The molecule has 0 saturated carbocycles. The molecule has 0 amide bonds. The average Bonchev–Trinajstić information content (AvgIpc) is 3.52. The highest BCUT2D eigenvalue weighted by Gasteiger charge is 2.35. The first-order chi connectivity index (χ1) is 18.2. The maximum absolute atomic E-state index is 13.7. The molecule has 1 unspecified atom stereocenters. The van der Waals surface area contributed by atoms with Crippen LogP contribution in [0.25, 0.3) is 17.2 Å². The molecule has 0 aliphatic heterocycles. The first-order valence-electron chi connectivity index (χ1n) is 11.5. The number of rotatable bonds is 11. The Morgan fingerprint density at radius 1 is 1.08 bits per heavy atom. The molecular formula is C23H27ClN8O5S. The third kappa shape index (κ3) is 5.42. The van der Waals surface area contributed by atoms with Gasteiger partial charge in [-0.3, -0.25) is 14.0 Å². The van der Waals surface area contributed by atoms with Crippen molar-refractivity contribution in [3.63, 3.8) is 0 Å². The van der Waals surface area contributed by atoms with E-state index in [-0.39, 0.29) is 24.2 Å². The number of methoxy groups -OCH3 is 2. The molecule has 2 atom stereocenters. The van der Waals surface area contributed by atoms with Crippen molar-refractivity contribution >= 4 is 27.6 Å². The topological polar surface area (TPSA) is 148 Å². The van der Waals surface area contributed by atoms with Gasteiger partial charge in [0.2, 0.25) is 16.0 Å². The SMILES string of the molecule is CCOC(c1ncc(Cl)cn1)[C@@H](C)S(=O)(=O)Nc1nnc(-c2ccn(C)n2)n1-c1c(OC)cccc1OC. The van der Waals surface area contributed by atoms with Gasteiger partial charge in [-0.25, -0.2) is 18.4 Å². The molecule has 0 aliphatic carbocycles. The van der Waals surface area contributed by atoms with E-state index < -0.39 is 21.4 Å². The van der Waals surface area contributed by atoms with Crippen LogP contribution in [0, 0.1) is 0 Å². The highest BCUT2D eigenvalue weighted by atomic mass is 35.5. The number of aromatic nitrogens is 7. The van der Waals surface area contributed by atoms with Gasteiger partial charge in [0.05, 0.1) is 19.2 Å². The standard InChI is InChI=1S/C23H27ClN8O5S/c1-6-37-20(21-25-12-15(24)13-26-21)14(2)38(33,34)30-23-28-27-22(16-10-11-31(3)29-16)32(23)19-17(35-4)8-7-9-18(19)36-5/h7-14,20H,6H2,1-5H3,(H,28,30)/t14-,20?/m1/s1. The van der Waals surface area contributed by atoms with Gasteiger partial charge in [-0.05, 0) is 32.0 Å². The second-order valence-corrected chi connectivity index (χ2v) is 10.5. The van der Waals surface area contributed by atoms with Gasteiger partial charge < -0.3 is 14.2 Å². The zero-order valence-electron chi connectivity index (χ0n) is 21.4. The van der Waals surface area contributed by atoms with Crippen molar-refractivity contribution in [2.75, 3.05) is 25.5 Å². The van der Waals surface area contributed by atoms with Crippen molar-refractivity contribution in [3.8, 4) is 28.7 Å². The molecule has 15 heteroatoms. The molecule has 1 N–H and O–H groups in total. The van der Waals surface area contributed by atoms with Crippen LogP contribution in [0.3, 0.4) is 0 Å². The van der Waals surface area contributed by atoms with E-state index in [9.17, 15) is 8.42 Å². The molecule has 38 heavy (non-hydrogen) atoms. The molecule has 202 valence electrons. The van der Waals surface area contributed by atoms with E-state index in [1.165, 1.54) is 38.1 Å². The molecule has 0 spiro atoms. The number of halogens is 1. The molecule has 0 radical (unpaired) electrons. The summed E-state index contributed by atoms with van der Waals surface area (Å²) in [5.41, 5.74) is 0.837. The predicted molar refractivity (Wildman–Crippen MR) is 140 cm³/mol. The Hall–Kier alpha value is -3.75. The molecule has 0 aliphatic rings. The third-order valence-corrected chi connectivity index (χ3v) is 7.51. The van der Waals surface area contributed by atoms with Gasteiger partial charge in [-0.2, -0.15) is 5.10 Å². The van der Waals surface area contributed by atoms with E-state index in [1.807, 2.05) is 0 Å². The Balaban J connectivity index is 1.82. The summed E-state index contributed by atoms with van der Waals surface area (Å²) >= 11 is 5.91. The summed E-state index contributed by atoms with van der Waals surface area (Å²) in [7, 11) is 0.599. The molecule has 13 nitrogen and oxygen atoms in total. The van der Waals surface area contributed by atoms with E-state index in [4.69, 9.17) is 25.8 Å². The summed E-state index contributed by atoms with van der Waals surface area (Å²) in [6.45, 7) is 3.47. The van der Waals surface area contributed by atoms with Gasteiger partial charge in [0, 0.05) is 32.2 Å². The van der Waals surface area contributed by atoms with Gasteiger partial charge in [0.15, 0.2) is 11.6 Å². The fourth-order valence-electron chi connectivity index (χ4n) is 3.77. The van der Waals surface area contributed by atoms with E-state index in [2.05, 4.69) is 30.0 Å². The Labute approximate surface area is 224 Å². The number of aryl methyl sites for hydroxylation is 1. The van der Waals surface area contributed by atoms with E-state index >= 15 is 0 Å². The monoisotopic (exact) mass is 562 g/mol. The van der Waals surface area contributed by atoms with Crippen LogP contribution in [0.2, 0.25) is 5.02 Å². The van der Waals surface area contributed by atoms with Crippen LogP contribution in [0.15, 0.2) is 42.9 Å². The second kappa shape index (κ2) is 11.3. The minimum Gasteiger partial charge on any atom is -0.494 e. The highest BCUT2D eigenvalue weighted by Crippen LogP contribution is 2.37. The van der Waals surface area contributed by atoms with Crippen molar-refractivity contribution < 1.29 is 22.6 Å². The summed E-state index contributed by atoms with van der Waals surface area (Å²) in [5.74, 6) is 1.14. The highest BCUT2D eigenvalue weighted by molar-refractivity contribution is 7.93. The minimum atomic E-state index is -4.14. The molecule has 0 bridgehead atoms. The maximum atomic E-state index is 13.7. The number of ether oxygens (including phenoxy) is 3. The maximum Gasteiger partial charge on any atom is 0.243 e. The Bertz CT molecular complexity index is 1480. The second-order valence-electron chi connectivity index (χ2n) is 8.06. The number of nitrogens with one attached hydrogen (secondary N) is 1. The largest absolute Gasteiger partial charge is 0.494 e. The fraction of sp³-hybridized carbons (Fsp3) is 0.348. The summed E-state index contributed by atoms with van der Waals surface area (Å²) in [4.78, 5) is 8.32. The Kier molecular flexibility index (Phi) is 8.14. The lowest BCUT2D eigenvalue weighted by Crippen LogP contribution is -2.34. The van der Waals surface area contributed by atoms with Crippen molar-refractivity contribution in [2.24, 2.45) is 7.05 Å². The van der Waals surface area contributed by atoms with Gasteiger partial charge in [-0.15, -0.1) is 10.2 Å². The average molecular weight is 563 g/mol. The van der Waals surface area contributed by atoms with Crippen LogP contribution >= 0.6 is 11.6 Å². The molecule has 3 aromatic heterocycles. The van der Waals surface area contributed by atoms with Gasteiger partial charge in [0.1, 0.15) is 34.2 Å². The molecule has 3 heterocycles. The van der Waals surface area contributed by atoms with E-state index in [1.54, 1.807) is 49.1 Å². The van der Waals surface area contributed by atoms with Crippen LogP contribution in [-0.2, 0) is 21.8 Å². The normalized spacial score (nSPS) is 13.2. The summed E-state index contributed by atoms with van der Waals surface area (Å²) < 4.78 is 49.8. The van der Waals surface area contributed by atoms with Gasteiger partial charge in [-0.1, -0.05) is 17.7 Å². The van der Waals surface area contributed by atoms with Gasteiger partial charge >= 0.3 is 0 Å². The van der Waals surface area contributed by atoms with Crippen LogP contribution in [0.4, 0.5) is 5.95 Å². The van der Waals surface area contributed by atoms with E-state index in [0.29, 0.717) is 27.9 Å². The quantitative estimate of drug-likeness (QED) is 0.289. The fourth-order valence-corrected chi connectivity index (χ4v) is 4.96. The summed E-state index contributed by atoms with van der Waals surface area (Å²) in [6, 6.07) is 6.90. The van der Waals surface area contributed by atoms with Gasteiger partial charge in [0.25, 0.3) is 0 Å². The zero-order chi connectivity index (χ0) is 27.4. The number of hydrogen-bond donors (Lipinski definition) is 1. The zero-order valence-corrected chi connectivity index (χ0v) is 22.9. The number of anilines is 1. The molecule has 1 aromatic carbocycles.